The van der Waals surface area contributed by atoms with E-state index in [1.165, 1.54) is 0 Å². The van der Waals surface area contributed by atoms with Crippen molar-refractivity contribution in [1.29, 1.82) is 0 Å². The van der Waals surface area contributed by atoms with Crippen LogP contribution in [0.5, 0.6) is 6.01 Å². The second-order valence-electron chi connectivity index (χ2n) is 10.7. The Bertz CT molecular complexity index is 1720. The molecular formula is C31H28ClFN6O2. The number of piperazine rings is 1. The van der Waals surface area contributed by atoms with E-state index in [0.717, 1.165) is 42.3 Å². The van der Waals surface area contributed by atoms with Crippen molar-refractivity contribution in [2.24, 2.45) is 0 Å². The molecule has 7 rings (SSSR count). The van der Waals surface area contributed by atoms with Crippen LogP contribution >= 0.6 is 11.6 Å². The molecule has 8 nitrogen and oxygen atoms in total. The van der Waals surface area contributed by atoms with Crippen molar-refractivity contribution in [2.75, 3.05) is 31.2 Å². The Hall–Kier alpha value is -3.92. The number of ether oxygens (including phenoxy) is 1. The molecule has 3 aromatic heterocycles. The predicted octanol–water partition coefficient (Wildman–Crippen LogP) is 5.13. The van der Waals surface area contributed by atoms with E-state index < -0.39 is 5.82 Å². The average Bonchev–Trinajstić information content (AvgIpc) is 3.35. The Balaban J connectivity index is 1.34. The lowest BCUT2D eigenvalue weighted by Gasteiger charge is -2.34. The number of nitrogens with one attached hydrogen (secondary N) is 1. The number of hydrogen-bond acceptors (Lipinski definition) is 8. The van der Waals surface area contributed by atoms with Crippen LogP contribution in [-0.2, 0) is 0 Å². The highest BCUT2D eigenvalue weighted by Gasteiger charge is 2.34. The zero-order chi connectivity index (χ0) is 27.9. The van der Waals surface area contributed by atoms with Gasteiger partial charge < -0.3 is 20.1 Å². The first-order valence-electron chi connectivity index (χ1n) is 13.8. The van der Waals surface area contributed by atoms with Gasteiger partial charge >= 0.3 is 6.01 Å². The fourth-order valence-electron chi connectivity index (χ4n) is 6.02. The molecule has 0 saturated carbocycles. The van der Waals surface area contributed by atoms with Crippen molar-refractivity contribution in [1.82, 2.24) is 25.3 Å². The maximum absolute atomic E-state index is 16.5. The lowest BCUT2D eigenvalue weighted by Crippen LogP contribution is -2.51. The number of aliphatic hydroxyl groups is 1. The number of pyridine rings is 2. The van der Waals surface area contributed by atoms with E-state index >= 15 is 4.39 Å². The SMILES string of the molecule is OCC(COc1nc(N2C[C@H]3CC[C@@H](C2)N3)c2cnc(-c3cccc4cccc(Cl)c34)c(F)c2n1)c1cccnc1. The highest BCUT2D eigenvalue weighted by molar-refractivity contribution is 6.36. The average molecular weight is 571 g/mol. The molecule has 2 aliphatic rings. The Labute approximate surface area is 241 Å². The summed E-state index contributed by atoms with van der Waals surface area (Å²) < 4.78 is 22.6. The van der Waals surface area contributed by atoms with Crippen LogP contribution in [0.2, 0.25) is 5.02 Å². The van der Waals surface area contributed by atoms with Gasteiger partial charge in [0.25, 0.3) is 0 Å². The summed E-state index contributed by atoms with van der Waals surface area (Å²) in [5.74, 6) is -0.302. The van der Waals surface area contributed by atoms with Crippen LogP contribution in [-0.4, -0.2) is 63.4 Å². The molecule has 41 heavy (non-hydrogen) atoms. The Morgan fingerprint density at radius 2 is 1.85 bits per heavy atom. The number of benzene rings is 2. The third-order valence-corrected chi connectivity index (χ3v) is 8.37. The number of nitrogens with zero attached hydrogens (tertiary/aromatic N) is 5. The summed E-state index contributed by atoms with van der Waals surface area (Å²) in [6, 6.07) is 15.7. The summed E-state index contributed by atoms with van der Waals surface area (Å²) in [5, 5.41) is 16.3. The highest BCUT2D eigenvalue weighted by Crippen LogP contribution is 2.38. The number of aromatic nitrogens is 4. The molecule has 10 heteroatoms. The van der Waals surface area contributed by atoms with Gasteiger partial charge in [-0.3, -0.25) is 9.97 Å². The molecule has 5 aromatic rings. The molecule has 0 radical (unpaired) electrons. The molecule has 0 amide bonds. The van der Waals surface area contributed by atoms with Gasteiger partial charge in [0, 0.05) is 65.7 Å². The summed E-state index contributed by atoms with van der Waals surface area (Å²) in [7, 11) is 0. The molecule has 2 aromatic carbocycles. The van der Waals surface area contributed by atoms with Crippen LogP contribution in [0, 0.1) is 5.82 Å². The summed E-state index contributed by atoms with van der Waals surface area (Å²) in [6.07, 6.45) is 7.21. The van der Waals surface area contributed by atoms with Gasteiger partial charge in [0.1, 0.15) is 23.6 Å². The van der Waals surface area contributed by atoms with Crippen molar-refractivity contribution >= 4 is 39.1 Å². The fraction of sp³-hybridized carbons (Fsp3) is 0.290. The molecule has 2 fully saturated rings. The van der Waals surface area contributed by atoms with E-state index in [9.17, 15) is 5.11 Å². The van der Waals surface area contributed by atoms with Gasteiger partial charge in [-0.2, -0.15) is 9.97 Å². The smallest absolute Gasteiger partial charge is 0.319 e. The summed E-state index contributed by atoms with van der Waals surface area (Å²) in [5.41, 5.74) is 1.72. The fourth-order valence-corrected chi connectivity index (χ4v) is 6.31. The first-order valence-corrected chi connectivity index (χ1v) is 14.1. The normalized spacial score (nSPS) is 19.1. The van der Waals surface area contributed by atoms with Gasteiger partial charge in [-0.1, -0.05) is 48.0 Å². The van der Waals surface area contributed by atoms with Crippen molar-refractivity contribution in [2.45, 2.75) is 30.8 Å². The highest BCUT2D eigenvalue weighted by atomic mass is 35.5. The topological polar surface area (TPSA) is 96.3 Å². The summed E-state index contributed by atoms with van der Waals surface area (Å²) in [4.78, 5) is 20.2. The number of fused-ring (bicyclic) bond motifs is 4. The van der Waals surface area contributed by atoms with Gasteiger partial charge in [0.05, 0.1) is 12.0 Å². The third-order valence-electron chi connectivity index (χ3n) is 8.06. The monoisotopic (exact) mass is 570 g/mol. The zero-order valence-corrected chi connectivity index (χ0v) is 22.9. The largest absolute Gasteiger partial charge is 0.463 e. The molecule has 2 aliphatic heterocycles. The van der Waals surface area contributed by atoms with Crippen molar-refractivity contribution in [3.05, 3.63) is 83.5 Å². The summed E-state index contributed by atoms with van der Waals surface area (Å²) in [6.45, 7) is 1.47. The van der Waals surface area contributed by atoms with E-state index in [2.05, 4.69) is 25.2 Å². The number of aliphatic hydroxyl groups excluding tert-OH is 1. The van der Waals surface area contributed by atoms with Gasteiger partial charge in [-0.15, -0.1) is 0 Å². The molecule has 0 aliphatic carbocycles. The van der Waals surface area contributed by atoms with Crippen molar-refractivity contribution < 1.29 is 14.2 Å². The number of hydrogen-bond donors (Lipinski definition) is 2. The minimum atomic E-state index is -0.563. The quantitative estimate of drug-likeness (QED) is 0.278. The Morgan fingerprint density at radius 3 is 2.61 bits per heavy atom. The van der Waals surface area contributed by atoms with Crippen LogP contribution < -0.4 is 15.0 Å². The maximum Gasteiger partial charge on any atom is 0.319 e. The van der Waals surface area contributed by atoms with Gasteiger partial charge in [-0.05, 0) is 35.9 Å². The van der Waals surface area contributed by atoms with Crippen LogP contribution in [0.15, 0.2) is 67.1 Å². The standard InChI is InChI=1S/C31H28ClFN6O2/c32-25-8-2-5-18-4-1-7-23(26(18)25)28-27(33)29-24(13-35-28)30(39-14-21-9-10-22(15-39)36-21)38-31(37-29)41-17-20(16-40)19-6-3-11-34-12-19/h1-8,11-13,20-22,36,40H,9-10,14-17H2/t20?,21-,22+. The Kier molecular flexibility index (Phi) is 6.86. The predicted molar refractivity (Wildman–Crippen MR) is 157 cm³/mol. The third kappa shape index (κ3) is 4.84. The van der Waals surface area contributed by atoms with E-state index in [1.54, 1.807) is 24.7 Å². The molecule has 2 N–H and O–H groups in total. The van der Waals surface area contributed by atoms with E-state index in [0.29, 0.717) is 33.9 Å². The van der Waals surface area contributed by atoms with Gasteiger partial charge in [-0.25, -0.2) is 4.39 Å². The minimum Gasteiger partial charge on any atom is -0.463 e. The van der Waals surface area contributed by atoms with Crippen LogP contribution in [0.4, 0.5) is 10.2 Å². The zero-order valence-electron chi connectivity index (χ0n) is 22.2. The molecule has 0 spiro atoms. The van der Waals surface area contributed by atoms with Crippen molar-refractivity contribution in [3.63, 3.8) is 0 Å². The second kappa shape index (κ2) is 10.8. The first-order chi connectivity index (χ1) is 20.1. The van der Waals surface area contributed by atoms with Crippen LogP contribution in [0.1, 0.15) is 24.3 Å². The van der Waals surface area contributed by atoms with Crippen LogP contribution in [0.25, 0.3) is 32.9 Å². The molecular weight excluding hydrogens is 543 g/mol. The molecule has 2 bridgehead atoms. The molecule has 208 valence electrons. The lowest BCUT2D eigenvalue weighted by atomic mass is 10.0. The first kappa shape index (κ1) is 26.0. The van der Waals surface area contributed by atoms with E-state index in [4.69, 9.17) is 21.3 Å². The lowest BCUT2D eigenvalue weighted by molar-refractivity contribution is 0.197. The molecule has 5 heterocycles. The minimum absolute atomic E-state index is 0.0488. The number of rotatable bonds is 7. The van der Waals surface area contributed by atoms with Gasteiger partial charge in [0.15, 0.2) is 5.82 Å². The maximum atomic E-state index is 16.5. The molecule has 2 saturated heterocycles. The molecule has 1 unspecified atom stereocenters. The summed E-state index contributed by atoms with van der Waals surface area (Å²) >= 11 is 6.57. The number of halogens is 2. The second-order valence-corrected chi connectivity index (χ2v) is 11.1. The van der Waals surface area contributed by atoms with Gasteiger partial charge in [0.2, 0.25) is 0 Å². The van der Waals surface area contributed by atoms with E-state index in [-0.39, 0.29) is 36.4 Å². The molecule has 3 atom stereocenters. The number of anilines is 1. The Morgan fingerprint density at radius 1 is 1.05 bits per heavy atom. The van der Waals surface area contributed by atoms with Crippen molar-refractivity contribution in [3.8, 4) is 17.3 Å². The van der Waals surface area contributed by atoms with Crippen LogP contribution in [0.3, 0.4) is 0 Å². The van der Waals surface area contributed by atoms with E-state index in [1.807, 2.05) is 42.5 Å².